The Balaban J connectivity index is 2.66. The largest absolute Gasteiger partial charge is 0.350 e. The maximum Gasteiger partial charge on any atom is 0.333 e. The van der Waals surface area contributed by atoms with E-state index in [9.17, 15) is 14.0 Å². The lowest BCUT2D eigenvalue weighted by molar-refractivity contribution is 0.0831. The van der Waals surface area contributed by atoms with Crippen LogP contribution in [0.1, 0.15) is 30.1 Å². The van der Waals surface area contributed by atoms with Gasteiger partial charge in [-0.1, -0.05) is 13.3 Å². The van der Waals surface area contributed by atoms with E-state index in [1.165, 1.54) is 24.3 Å². The summed E-state index contributed by atoms with van der Waals surface area (Å²) in [6, 6.07) is 4.30. The second-order valence-corrected chi connectivity index (χ2v) is 3.79. The van der Waals surface area contributed by atoms with E-state index in [1.54, 1.807) is 0 Å². The number of hydrazine groups is 1. The van der Waals surface area contributed by atoms with Crippen LogP contribution in [0, 0.1) is 5.82 Å². The lowest BCUT2D eigenvalue weighted by Crippen LogP contribution is -2.49. The Bertz CT molecular complexity index is 420. The summed E-state index contributed by atoms with van der Waals surface area (Å²) >= 11 is 0. The summed E-state index contributed by atoms with van der Waals surface area (Å²) in [6.45, 7) is 2.31. The monoisotopic (exact) mass is 253 g/mol. The molecule has 0 saturated heterocycles. The van der Waals surface area contributed by atoms with Crippen molar-refractivity contribution in [2.24, 2.45) is 5.73 Å². The third kappa shape index (κ3) is 4.04. The summed E-state index contributed by atoms with van der Waals surface area (Å²) in [4.78, 5) is 22.9. The molecule has 18 heavy (non-hydrogen) atoms. The zero-order chi connectivity index (χ0) is 13.5. The van der Waals surface area contributed by atoms with Crippen molar-refractivity contribution in [3.05, 3.63) is 35.6 Å². The van der Waals surface area contributed by atoms with E-state index in [4.69, 9.17) is 5.73 Å². The van der Waals surface area contributed by atoms with Gasteiger partial charge in [-0.3, -0.25) is 10.2 Å². The molecular formula is C12H16FN3O2. The molecule has 0 aromatic heterocycles. The predicted molar refractivity (Wildman–Crippen MR) is 65.1 cm³/mol. The van der Waals surface area contributed by atoms with E-state index in [0.29, 0.717) is 6.54 Å². The molecule has 0 spiro atoms. The van der Waals surface area contributed by atoms with Gasteiger partial charge in [0.2, 0.25) is 0 Å². The van der Waals surface area contributed by atoms with Crippen LogP contribution in [-0.2, 0) is 0 Å². The molecule has 5 nitrogen and oxygen atoms in total. The summed E-state index contributed by atoms with van der Waals surface area (Å²) in [7, 11) is 0. The fourth-order valence-electron chi connectivity index (χ4n) is 1.33. The maximum absolute atomic E-state index is 12.7. The molecule has 0 atom stereocenters. The zero-order valence-electron chi connectivity index (χ0n) is 10.1. The van der Waals surface area contributed by atoms with Crippen molar-refractivity contribution >= 4 is 11.9 Å². The average Bonchev–Trinajstić information content (AvgIpc) is 2.34. The normalized spacial score (nSPS) is 9.89. The number of carbonyl (C=O) groups is 2. The van der Waals surface area contributed by atoms with Crippen molar-refractivity contribution in [2.75, 3.05) is 6.54 Å². The van der Waals surface area contributed by atoms with Gasteiger partial charge in [0.25, 0.3) is 5.91 Å². The van der Waals surface area contributed by atoms with Crippen molar-refractivity contribution < 1.29 is 14.0 Å². The number of halogens is 1. The van der Waals surface area contributed by atoms with E-state index in [0.717, 1.165) is 17.9 Å². The second kappa shape index (κ2) is 6.58. The number of nitrogens with one attached hydrogen (secondary N) is 1. The van der Waals surface area contributed by atoms with Crippen LogP contribution in [0.15, 0.2) is 24.3 Å². The second-order valence-electron chi connectivity index (χ2n) is 3.79. The Labute approximate surface area is 105 Å². The molecule has 0 bridgehead atoms. The van der Waals surface area contributed by atoms with Crippen molar-refractivity contribution in [3.8, 4) is 0 Å². The Morgan fingerprint density at radius 1 is 1.33 bits per heavy atom. The van der Waals surface area contributed by atoms with Crippen LogP contribution in [0.2, 0.25) is 0 Å². The lowest BCUT2D eigenvalue weighted by Gasteiger charge is -2.20. The first-order chi connectivity index (χ1) is 8.54. The number of amides is 3. The zero-order valence-corrected chi connectivity index (χ0v) is 10.1. The summed E-state index contributed by atoms with van der Waals surface area (Å²) in [5.74, 6) is -0.922. The molecule has 0 fully saturated rings. The van der Waals surface area contributed by atoms with Crippen LogP contribution < -0.4 is 11.2 Å². The van der Waals surface area contributed by atoms with Gasteiger partial charge in [0, 0.05) is 12.1 Å². The number of primary amides is 1. The van der Waals surface area contributed by atoms with E-state index < -0.39 is 17.8 Å². The van der Waals surface area contributed by atoms with Crippen LogP contribution in [0.3, 0.4) is 0 Å². The molecule has 6 heteroatoms. The fourth-order valence-corrected chi connectivity index (χ4v) is 1.33. The van der Waals surface area contributed by atoms with Crippen LogP contribution in [0.5, 0.6) is 0 Å². The molecule has 98 valence electrons. The molecule has 0 aliphatic heterocycles. The number of rotatable bonds is 4. The maximum atomic E-state index is 12.7. The van der Waals surface area contributed by atoms with Gasteiger partial charge in [0.15, 0.2) is 0 Å². The first-order valence-electron chi connectivity index (χ1n) is 5.68. The molecule has 0 unspecified atom stereocenters. The van der Waals surface area contributed by atoms with Crippen molar-refractivity contribution in [1.82, 2.24) is 10.4 Å². The molecule has 0 heterocycles. The first kappa shape index (κ1) is 14.0. The standard InChI is InChI=1S/C12H16FN3O2/c1-2-3-8-16(12(14)18)15-11(17)9-4-6-10(13)7-5-9/h4-7H,2-3,8H2,1H3,(H2,14,18)(H,15,17). The number of benzene rings is 1. The average molecular weight is 253 g/mol. The smallest absolute Gasteiger partial charge is 0.333 e. The SMILES string of the molecule is CCCCN(NC(=O)c1ccc(F)cc1)C(N)=O. The summed E-state index contributed by atoms with van der Waals surface area (Å²) in [5, 5.41) is 1.05. The fraction of sp³-hybridized carbons (Fsp3) is 0.333. The molecule has 3 N–H and O–H groups in total. The highest BCUT2D eigenvalue weighted by Gasteiger charge is 2.13. The number of unbranched alkanes of at least 4 members (excludes halogenated alkanes) is 1. The minimum Gasteiger partial charge on any atom is -0.350 e. The van der Waals surface area contributed by atoms with Gasteiger partial charge in [-0.05, 0) is 30.7 Å². The number of nitrogens with zero attached hydrogens (tertiary/aromatic N) is 1. The van der Waals surface area contributed by atoms with Crippen LogP contribution >= 0.6 is 0 Å². The van der Waals surface area contributed by atoms with Crippen molar-refractivity contribution in [2.45, 2.75) is 19.8 Å². The van der Waals surface area contributed by atoms with Gasteiger partial charge in [0.1, 0.15) is 5.82 Å². The van der Waals surface area contributed by atoms with Gasteiger partial charge >= 0.3 is 6.03 Å². The van der Waals surface area contributed by atoms with Gasteiger partial charge in [0.05, 0.1) is 0 Å². The van der Waals surface area contributed by atoms with Gasteiger partial charge in [-0.15, -0.1) is 0 Å². The molecule has 0 radical (unpaired) electrons. The minimum absolute atomic E-state index is 0.263. The van der Waals surface area contributed by atoms with Crippen LogP contribution in [-0.4, -0.2) is 23.5 Å². The summed E-state index contributed by atoms with van der Waals surface area (Å²) in [5.41, 5.74) is 7.79. The third-order valence-corrected chi connectivity index (χ3v) is 2.34. The van der Waals surface area contributed by atoms with Crippen molar-refractivity contribution in [1.29, 1.82) is 0 Å². The molecule has 0 saturated carbocycles. The van der Waals surface area contributed by atoms with E-state index >= 15 is 0 Å². The Hall–Kier alpha value is -2.11. The molecule has 0 aliphatic rings. The predicted octanol–water partition coefficient (Wildman–Crippen LogP) is 1.65. The minimum atomic E-state index is -0.723. The number of nitrogens with two attached hydrogens (primary N) is 1. The number of hydrogen-bond donors (Lipinski definition) is 2. The highest BCUT2D eigenvalue weighted by molar-refractivity contribution is 5.95. The molecule has 1 aromatic carbocycles. The number of urea groups is 1. The third-order valence-electron chi connectivity index (χ3n) is 2.34. The van der Waals surface area contributed by atoms with Gasteiger partial charge in [-0.2, -0.15) is 0 Å². The molecule has 0 aliphatic carbocycles. The molecule has 1 rings (SSSR count). The highest BCUT2D eigenvalue weighted by Crippen LogP contribution is 2.03. The highest BCUT2D eigenvalue weighted by atomic mass is 19.1. The van der Waals surface area contributed by atoms with Crippen molar-refractivity contribution in [3.63, 3.8) is 0 Å². The Morgan fingerprint density at radius 2 is 1.94 bits per heavy atom. The van der Waals surface area contributed by atoms with E-state index in [1.807, 2.05) is 6.92 Å². The van der Waals surface area contributed by atoms with Gasteiger partial charge in [-0.25, -0.2) is 14.2 Å². The van der Waals surface area contributed by atoms with E-state index in [2.05, 4.69) is 5.43 Å². The Kier molecular flexibility index (Phi) is 5.10. The Morgan fingerprint density at radius 3 is 2.44 bits per heavy atom. The molecule has 3 amide bonds. The quantitative estimate of drug-likeness (QED) is 0.800. The number of carbonyl (C=O) groups excluding carboxylic acids is 2. The topological polar surface area (TPSA) is 75.4 Å². The van der Waals surface area contributed by atoms with Gasteiger partial charge < -0.3 is 5.73 Å². The lowest BCUT2D eigenvalue weighted by atomic mass is 10.2. The molecule has 1 aromatic rings. The molecular weight excluding hydrogens is 237 g/mol. The van der Waals surface area contributed by atoms with E-state index in [-0.39, 0.29) is 5.56 Å². The first-order valence-corrected chi connectivity index (χ1v) is 5.68. The van der Waals surface area contributed by atoms with Crippen LogP contribution in [0.25, 0.3) is 0 Å². The summed E-state index contributed by atoms with van der Waals surface area (Å²) < 4.78 is 12.7. The van der Waals surface area contributed by atoms with Crippen LogP contribution in [0.4, 0.5) is 9.18 Å². The summed E-state index contributed by atoms with van der Waals surface area (Å²) in [6.07, 6.45) is 1.60. The number of hydrogen-bond acceptors (Lipinski definition) is 2.